The second kappa shape index (κ2) is 15.9. The Morgan fingerprint density at radius 3 is 1.71 bits per heavy atom. The molecule has 12 aromatic carbocycles. The summed E-state index contributed by atoms with van der Waals surface area (Å²) in [4.78, 5) is 16.5. The highest BCUT2D eigenvalue weighted by Gasteiger charge is 2.25. The summed E-state index contributed by atoms with van der Waals surface area (Å²) < 4.78 is 9.00. The lowest BCUT2D eigenvalue weighted by atomic mass is 9.90. The Morgan fingerprint density at radius 2 is 0.889 bits per heavy atom. The molecule has 0 saturated carbocycles. The third-order valence-corrected chi connectivity index (χ3v) is 14.6. The Bertz CT molecular complexity index is 4680. The lowest BCUT2D eigenvalue weighted by Gasteiger charge is -2.21. The number of hydrogen-bond donors (Lipinski definition) is 0. The van der Waals surface area contributed by atoms with E-state index in [-0.39, 0.29) is 0 Å². The third-order valence-electron chi connectivity index (χ3n) is 14.6. The van der Waals surface area contributed by atoms with Gasteiger partial charge in [-0.2, -0.15) is 0 Å². The summed E-state index contributed by atoms with van der Waals surface area (Å²) in [5, 5.41) is 13.6. The molecular formula is C67H40N4O. The summed E-state index contributed by atoms with van der Waals surface area (Å²) in [7, 11) is 0. The fraction of sp³-hybridized carbons (Fsp3) is 0. The van der Waals surface area contributed by atoms with E-state index in [9.17, 15) is 0 Å². The summed E-state index contributed by atoms with van der Waals surface area (Å²) in [6, 6.07) is 86.7. The van der Waals surface area contributed by atoms with Crippen LogP contribution in [0.1, 0.15) is 0 Å². The minimum Gasteiger partial charge on any atom is -0.456 e. The molecule has 15 rings (SSSR count). The zero-order chi connectivity index (χ0) is 47.3. The first-order chi connectivity index (χ1) is 35.7. The van der Waals surface area contributed by atoms with Gasteiger partial charge in [-0.3, -0.25) is 0 Å². The zero-order valence-electron chi connectivity index (χ0n) is 38.8. The van der Waals surface area contributed by atoms with Gasteiger partial charge in [-0.15, -0.1) is 0 Å². The number of nitrogens with zero attached hydrogens (tertiary/aromatic N) is 4. The lowest BCUT2D eigenvalue weighted by molar-refractivity contribution is 0.669. The monoisotopic (exact) mass is 916 g/mol. The Balaban J connectivity index is 1.10. The van der Waals surface area contributed by atoms with Crippen LogP contribution in [0.15, 0.2) is 247 Å². The molecule has 0 bridgehead atoms. The number of furan rings is 1. The molecular weight excluding hydrogens is 877 g/mol. The van der Waals surface area contributed by atoms with E-state index in [1.165, 1.54) is 37.8 Å². The van der Waals surface area contributed by atoms with Gasteiger partial charge in [0.15, 0.2) is 17.5 Å². The summed E-state index contributed by atoms with van der Waals surface area (Å²) in [5.74, 6) is 1.72. The standard InChI is InChI=1S/C67H40N4O/c1-3-16-41(17-4-1)47-31-33-51-58(37-47)63(67-69-65(48-32-34-53-52-27-13-14-29-61(52)72-62(53)39-48)68-66(70-67)55-28-15-24-42-20-9-11-25-49(42)55)56(43-18-5-2-6-19-43)40-60(51)71-59-38-46-23-8-7-22-45(46)36-57(59)54-35-30-44-21-10-12-26-50(44)64(54)71/h1-40H. The van der Waals surface area contributed by atoms with Crippen molar-refractivity contribution in [2.24, 2.45) is 0 Å². The summed E-state index contributed by atoms with van der Waals surface area (Å²) in [6.07, 6.45) is 0. The number of hydrogen-bond acceptors (Lipinski definition) is 4. The van der Waals surface area contributed by atoms with Crippen LogP contribution in [0.2, 0.25) is 0 Å². The van der Waals surface area contributed by atoms with Gasteiger partial charge < -0.3 is 8.98 Å². The molecule has 0 radical (unpaired) electrons. The highest BCUT2D eigenvalue weighted by atomic mass is 16.3. The van der Waals surface area contributed by atoms with Crippen LogP contribution in [-0.4, -0.2) is 19.5 Å². The normalized spacial score (nSPS) is 11.9. The number of fused-ring (bicyclic) bond motifs is 11. The summed E-state index contributed by atoms with van der Waals surface area (Å²) in [5.41, 5.74) is 12.0. The van der Waals surface area contributed by atoms with Crippen LogP contribution in [-0.2, 0) is 0 Å². The summed E-state index contributed by atoms with van der Waals surface area (Å²) >= 11 is 0. The second-order valence-corrected chi connectivity index (χ2v) is 18.7. The predicted molar refractivity (Wildman–Crippen MR) is 299 cm³/mol. The molecule has 15 aromatic rings. The average Bonchev–Trinajstić information content (AvgIpc) is 3.99. The molecule has 3 heterocycles. The van der Waals surface area contributed by atoms with Crippen molar-refractivity contribution >= 4 is 86.8 Å². The fourth-order valence-electron chi connectivity index (χ4n) is 11.2. The molecule has 0 saturated heterocycles. The molecule has 0 amide bonds. The number of benzene rings is 12. The van der Waals surface area contributed by atoms with E-state index in [0.29, 0.717) is 17.5 Å². The molecule has 5 nitrogen and oxygen atoms in total. The van der Waals surface area contributed by atoms with Crippen molar-refractivity contribution < 1.29 is 4.42 Å². The minimum atomic E-state index is 0.557. The predicted octanol–water partition coefficient (Wildman–Crippen LogP) is 17.8. The van der Waals surface area contributed by atoms with E-state index < -0.39 is 0 Å². The van der Waals surface area contributed by atoms with Crippen molar-refractivity contribution in [3.63, 3.8) is 0 Å². The largest absolute Gasteiger partial charge is 0.456 e. The number of rotatable bonds is 6. The van der Waals surface area contributed by atoms with Crippen molar-refractivity contribution in [1.82, 2.24) is 19.5 Å². The van der Waals surface area contributed by atoms with Crippen LogP contribution in [0, 0.1) is 0 Å². The molecule has 0 atom stereocenters. The molecule has 0 N–H and O–H groups in total. The molecule has 0 spiro atoms. The second-order valence-electron chi connectivity index (χ2n) is 18.7. The van der Waals surface area contributed by atoms with E-state index in [4.69, 9.17) is 19.4 Å². The maximum atomic E-state index is 6.48. The van der Waals surface area contributed by atoms with Crippen molar-refractivity contribution in [1.29, 1.82) is 0 Å². The van der Waals surface area contributed by atoms with E-state index in [2.05, 4.69) is 235 Å². The Hall–Kier alpha value is -9.71. The van der Waals surface area contributed by atoms with Gasteiger partial charge in [0.25, 0.3) is 0 Å². The van der Waals surface area contributed by atoms with Gasteiger partial charge in [0, 0.05) is 49.0 Å². The van der Waals surface area contributed by atoms with E-state index in [0.717, 1.165) is 93.6 Å². The van der Waals surface area contributed by atoms with Gasteiger partial charge in [0.2, 0.25) is 0 Å². The molecule has 0 unspecified atom stereocenters. The van der Waals surface area contributed by atoms with Gasteiger partial charge >= 0.3 is 0 Å². The van der Waals surface area contributed by atoms with Crippen LogP contribution in [0.25, 0.3) is 149 Å². The molecule has 0 fully saturated rings. The molecule has 0 aliphatic carbocycles. The van der Waals surface area contributed by atoms with Crippen LogP contribution < -0.4 is 0 Å². The van der Waals surface area contributed by atoms with E-state index in [1.807, 2.05) is 12.1 Å². The Kier molecular flexibility index (Phi) is 8.89. The first-order valence-electron chi connectivity index (χ1n) is 24.4. The minimum absolute atomic E-state index is 0.557. The zero-order valence-corrected chi connectivity index (χ0v) is 38.8. The van der Waals surface area contributed by atoms with Gasteiger partial charge in [-0.25, -0.2) is 15.0 Å². The van der Waals surface area contributed by atoms with Crippen LogP contribution in [0.5, 0.6) is 0 Å². The third kappa shape index (κ3) is 6.31. The van der Waals surface area contributed by atoms with Crippen molar-refractivity contribution in [3.05, 3.63) is 243 Å². The fourth-order valence-corrected chi connectivity index (χ4v) is 11.2. The van der Waals surface area contributed by atoms with Gasteiger partial charge in [0.1, 0.15) is 11.2 Å². The SMILES string of the molecule is c1ccc(-c2ccc3c(-n4c5cc6ccccc6cc5c5ccc6ccccc6c54)cc(-c4ccccc4)c(-c4nc(-c5ccc6c(c5)oc5ccccc56)nc(-c5cccc6ccccc56)n4)c3c2)cc1. The lowest BCUT2D eigenvalue weighted by Crippen LogP contribution is -2.04. The van der Waals surface area contributed by atoms with E-state index in [1.54, 1.807) is 0 Å². The van der Waals surface area contributed by atoms with Gasteiger partial charge in [0.05, 0.1) is 16.7 Å². The molecule has 5 heteroatoms. The number of para-hydroxylation sites is 1. The Labute approximate surface area is 413 Å². The van der Waals surface area contributed by atoms with E-state index >= 15 is 0 Å². The van der Waals surface area contributed by atoms with Crippen molar-refractivity contribution in [2.75, 3.05) is 0 Å². The molecule has 334 valence electrons. The molecule has 72 heavy (non-hydrogen) atoms. The first kappa shape index (κ1) is 40.2. The first-order valence-corrected chi connectivity index (χ1v) is 24.4. The van der Waals surface area contributed by atoms with Crippen LogP contribution >= 0.6 is 0 Å². The van der Waals surface area contributed by atoms with Crippen molar-refractivity contribution in [3.8, 4) is 62.1 Å². The molecule has 0 aliphatic rings. The maximum Gasteiger partial charge on any atom is 0.165 e. The molecule has 0 aliphatic heterocycles. The van der Waals surface area contributed by atoms with Crippen LogP contribution in [0.4, 0.5) is 0 Å². The number of aromatic nitrogens is 4. The highest BCUT2D eigenvalue weighted by molar-refractivity contribution is 6.22. The molecule has 3 aromatic heterocycles. The Morgan fingerprint density at radius 1 is 0.292 bits per heavy atom. The average molecular weight is 917 g/mol. The van der Waals surface area contributed by atoms with Crippen molar-refractivity contribution in [2.45, 2.75) is 0 Å². The summed E-state index contributed by atoms with van der Waals surface area (Å²) in [6.45, 7) is 0. The van der Waals surface area contributed by atoms with Gasteiger partial charge in [-0.05, 0) is 97.0 Å². The van der Waals surface area contributed by atoms with Crippen LogP contribution in [0.3, 0.4) is 0 Å². The highest BCUT2D eigenvalue weighted by Crippen LogP contribution is 2.46. The topological polar surface area (TPSA) is 56.7 Å². The maximum absolute atomic E-state index is 6.48. The van der Waals surface area contributed by atoms with Gasteiger partial charge in [-0.1, -0.05) is 200 Å². The quantitative estimate of drug-likeness (QED) is 0.167. The smallest absolute Gasteiger partial charge is 0.165 e.